The highest BCUT2D eigenvalue weighted by Crippen LogP contribution is 2.25. The predicted octanol–water partition coefficient (Wildman–Crippen LogP) is 3.05. The van der Waals surface area contributed by atoms with Gasteiger partial charge >= 0.3 is 0 Å². The van der Waals surface area contributed by atoms with Crippen LogP contribution in [0.4, 0.5) is 4.39 Å². The average molecular weight is 270 g/mol. The van der Waals surface area contributed by atoms with Crippen molar-refractivity contribution in [1.82, 2.24) is 9.97 Å². The summed E-state index contributed by atoms with van der Waals surface area (Å²) in [4.78, 5) is 8.05. The minimum Gasteiger partial charge on any atom is -0.435 e. The molecule has 0 aliphatic rings. The van der Waals surface area contributed by atoms with E-state index in [9.17, 15) is 4.39 Å². The SMILES string of the molecule is OCc1ccnc(Oc2cnc3ccccc3c2)c1F. The lowest BCUT2D eigenvalue weighted by Gasteiger charge is -2.08. The fourth-order valence-corrected chi connectivity index (χ4v) is 1.87. The van der Waals surface area contributed by atoms with Crippen LogP contribution in [0.1, 0.15) is 5.56 Å². The van der Waals surface area contributed by atoms with Crippen molar-refractivity contribution in [3.05, 3.63) is 60.2 Å². The van der Waals surface area contributed by atoms with Gasteiger partial charge < -0.3 is 9.84 Å². The van der Waals surface area contributed by atoms with Crippen molar-refractivity contribution in [3.8, 4) is 11.6 Å². The summed E-state index contributed by atoms with van der Waals surface area (Å²) in [5.41, 5.74) is 0.973. The van der Waals surface area contributed by atoms with Crippen molar-refractivity contribution < 1.29 is 14.2 Å². The van der Waals surface area contributed by atoms with E-state index in [1.54, 1.807) is 6.07 Å². The number of halogens is 1. The molecule has 0 bridgehead atoms. The van der Waals surface area contributed by atoms with Gasteiger partial charge in [-0.1, -0.05) is 18.2 Å². The van der Waals surface area contributed by atoms with E-state index < -0.39 is 12.4 Å². The van der Waals surface area contributed by atoms with Crippen molar-refractivity contribution in [2.75, 3.05) is 0 Å². The number of ether oxygens (including phenoxy) is 1. The van der Waals surface area contributed by atoms with Crippen molar-refractivity contribution in [2.24, 2.45) is 0 Å². The van der Waals surface area contributed by atoms with Crippen LogP contribution in [0.2, 0.25) is 0 Å². The number of benzene rings is 1. The quantitative estimate of drug-likeness (QED) is 0.794. The molecule has 0 amide bonds. The molecule has 2 heterocycles. The average Bonchev–Trinajstić information content (AvgIpc) is 2.49. The molecule has 2 aromatic heterocycles. The van der Waals surface area contributed by atoms with Gasteiger partial charge in [-0.05, 0) is 18.2 Å². The number of hydrogen-bond acceptors (Lipinski definition) is 4. The number of aromatic nitrogens is 2. The molecule has 0 aliphatic heterocycles. The maximum absolute atomic E-state index is 13.9. The number of pyridine rings is 2. The molecule has 0 saturated heterocycles. The third-order valence-corrected chi connectivity index (χ3v) is 2.89. The predicted molar refractivity (Wildman–Crippen MR) is 71.9 cm³/mol. The molecule has 0 unspecified atom stereocenters. The number of aliphatic hydroxyl groups is 1. The molecule has 1 N–H and O–H groups in total. The van der Waals surface area contributed by atoms with Gasteiger partial charge in [0.05, 0.1) is 18.3 Å². The Kier molecular flexibility index (Phi) is 3.26. The van der Waals surface area contributed by atoms with Gasteiger partial charge in [-0.25, -0.2) is 9.37 Å². The Balaban J connectivity index is 1.97. The topological polar surface area (TPSA) is 55.2 Å². The minimum absolute atomic E-state index is 0.142. The number of hydrogen-bond donors (Lipinski definition) is 1. The molecule has 0 saturated carbocycles. The molecule has 100 valence electrons. The van der Waals surface area contributed by atoms with Crippen LogP contribution in [0.15, 0.2) is 48.8 Å². The number of para-hydroxylation sites is 1. The first kappa shape index (κ1) is 12.5. The first-order chi connectivity index (χ1) is 9.78. The Morgan fingerprint density at radius 2 is 2.00 bits per heavy atom. The van der Waals surface area contributed by atoms with Crippen molar-refractivity contribution in [2.45, 2.75) is 6.61 Å². The molecule has 0 fully saturated rings. The lowest BCUT2D eigenvalue weighted by Crippen LogP contribution is -1.97. The summed E-state index contributed by atoms with van der Waals surface area (Å²) in [7, 11) is 0. The van der Waals surface area contributed by atoms with Crippen molar-refractivity contribution in [1.29, 1.82) is 0 Å². The summed E-state index contributed by atoms with van der Waals surface area (Å²) in [5.74, 6) is -0.443. The summed E-state index contributed by atoms with van der Waals surface area (Å²) in [6.07, 6.45) is 2.90. The van der Waals surface area contributed by atoms with Crippen LogP contribution in [0.5, 0.6) is 11.6 Å². The minimum atomic E-state index is -0.664. The second kappa shape index (κ2) is 5.22. The molecule has 3 aromatic rings. The van der Waals surface area contributed by atoms with Crippen LogP contribution in [0.25, 0.3) is 10.9 Å². The van der Waals surface area contributed by atoms with Gasteiger partial charge in [-0.2, -0.15) is 0 Å². The Morgan fingerprint density at radius 3 is 2.85 bits per heavy atom. The van der Waals surface area contributed by atoms with E-state index in [1.807, 2.05) is 24.3 Å². The van der Waals surface area contributed by atoms with E-state index in [1.165, 1.54) is 18.5 Å². The lowest BCUT2D eigenvalue weighted by molar-refractivity contribution is 0.273. The van der Waals surface area contributed by atoms with Gasteiger partial charge in [-0.15, -0.1) is 0 Å². The van der Waals surface area contributed by atoms with Gasteiger partial charge in [-0.3, -0.25) is 4.98 Å². The molecule has 4 nitrogen and oxygen atoms in total. The van der Waals surface area contributed by atoms with Gasteiger partial charge in [0.25, 0.3) is 5.88 Å². The molecule has 0 radical (unpaired) electrons. The first-order valence-corrected chi connectivity index (χ1v) is 6.05. The summed E-state index contributed by atoms with van der Waals surface area (Å²) < 4.78 is 19.3. The smallest absolute Gasteiger partial charge is 0.256 e. The second-order valence-corrected chi connectivity index (χ2v) is 4.21. The van der Waals surface area contributed by atoms with Crippen LogP contribution in [0.3, 0.4) is 0 Å². The first-order valence-electron chi connectivity index (χ1n) is 6.05. The molecule has 0 atom stereocenters. The summed E-state index contributed by atoms with van der Waals surface area (Å²) in [6.45, 7) is -0.402. The third-order valence-electron chi connectivity index (χ3n) is 2.89. The molecular formula is C15H11FN2O2. The van der Waals surface area contributed by atoms with Gasteiger partial charge in [0.15, 0.2) is 5.82 Å². The fourth-order valence-electron chi connectivity index (χ4n) is 1.87. The second-order valence-electron chi connectivity index (χ2n) is 4.21. The number of aliphatic hydroxyl groups excluding tert-OH is 1. The Hall–Kier alpha value is -2.53. The van der Waals surface area contributed by atoms with Crippen LogP contribution in [-0.4, -0.2) is 15.1 Å². The highest BCUT2D eigenvalue weighted by molar-refractivity contribution is 5.79. The molecule has 0 spiro atoms. The molecule has 1 aromatic carbocycles. The van der Waals surface area contributed by atoms with E-state index in [2.05, 4.69) is 9.97 Å². The Morgan fingerprint density at radius 1 is 1.15 bits per heavy atom. The van der Waals surface area contributed by atoms with Crippen LogP contribution < -0.4 is 4.74 Å². The molecular weight excluding hydrogens is 259 g/mol. The zero-order valence-corrected chi connectivity index (χ0v) is 10.5. The van der Waals surface area contributed by atoms with E-state index in [0.717, 1.165) is 10.9 Å². The standard InChI is InChI=1S/C15H11FN2O2/c16-14-11(9-19)5-6-17-15(14)20-12-7-10-3-1-2-4-13(10)18-8-12/h1-8,19H,9H2. The Labute approximate surface area is 114 Å². The highest BCUT2D eigenvalue weighted by Gasteiger charge is 2.11. The number of rotatable bonds is 3. The molecule has 3 rings (SSSR count). The monoisotopic (exact) mass is 270 g/mol. The maximum Gasteiger partial charge on any atom is 0.256 e. The van der Waals surface area contributed by atoms with Gasteiger partial charge in [0, 0.05) is 17.1 Å². The van der Waals surface area contributed by atoms with Crippen molar-refractivity contribution in [3.63, 3.8) is 0 Å². The molecule has 0 aliphatic carbocycles. The number of nitrogens with zero attached hydrogens (tertiary/aromatic N) is 2. The maximum atomic E-state index is 13.9. The van der Waals surface area contributed by atoms with E-state index in [4.69, 9.17) is 9.84 Å². The number of fused-ring (bicyclic) bond motifs is 1. The lowest BCUT2D eigenvalue weighted by atomic mass is 10.2. The van der Waals surface area contributed by atoms with Gasteiger partial charge in [0.1, 0.15) is 5.75 Å². The van der Waals surface area contributed by atoms with Crippen molar-refractivity contribution >= 4 is 10.9 Å². The Bertz CT molecular complexity index is 762. The zero-order chi connectivity index (χ0) is 13.9. The van der Waals surface area contributed by atoms with E-state index >= 15 is 0 Å². The summed E-state index contributed by atoms with van der Waals surface area (Å²) >= 11 is 0. The third kappa shape index (κ3) is 2.31. The van der Waals surface area contributed by atoms with Crippen LogP contribution >= 0.6 is 0 Å². The zero-order valence-electron chi connectivity index (χ0n) is 10.5. The largest absolute Gasteiger partial charge is 0.435 e. The fraction of sp³-hybridized carbons (Fsp3) is 0.0667. The summed E-state index contributed by atoms with van der Waals surface area (Å²) in [6, 6.07) is 10.7. The normalized spacial score (nSPS) is 10.7. The highest BCUT2D eigenvalue weighted by atomic mass is 19.1. The van der Waals surface area contributed by atoms with Crippen LogP contribution in [-0.2, 0) is 6.61 Å². The van der Waals surface area contributed by atoms with E-state index in [-0.39, 0.29) is 11.4 Å². The molecule has 20 heavy (non-hydrogen) atoms. The van der Waals surface area contributed by atoms with Gasteiger partial charge in [0.2, 0.25) is 0 Å². The summed E-state index contributed by atoms with van der Waals surface area (Å²) in [5, 5.41) is 9.91. The molecule has 5 heteroatoms. The van der Waals surface area contributed by atoms with Crippen LogP contribution in [0, 0.1) is 5.82 Å². The van der Waals surface area contributed by atoms with E-state index in [0.29, 0.717) is 5.75 Å².